The van der Waals surface area contributed by atoms with Gasteiger partial charge < -0.3 is 19.5 Å². The largest absolute Gasteiger partial charge is 0.491 e. The summed E-state index contributed by atoms with van der Waals surface area (Å²) in [7, 11) is 0. The number of aliphatic hydroxyl groups is 2. The molecule has 2 N–H and O–H groups in total. The van der Waals surface area contributed by atoms with Gasteiger partial charge in [-0.15, -0.1) is 0 Å². The van der Waals surface area contributed by atoms with Gasteiger partial charge in [0.2, 0.25) is 0 Å². The molecule has 3 rings (SSSR count). The predicted octanol–water partition coefficient (Wildman–Crippen LogP) is 2.53. The molecular weight excluding hydrogens is 292 g/mol. The number of hydrogen-bond acceptors (Lipinski definition) is 4. The van der Waals surface area contributed by atoms with E-state index < -0.39 is 12.2 Å². The van der Waals surface area contributed by atoms with Crippen molar-refractivity contribution in [1.82, 2.24) is 9.55 Å². The maximum Gasteiger partial charge on any atom is 0.138 e. The number of rotatable bonds is 6. The van der Waals surface area contributed by atoms with Crippen molar-refractivity contribution in [3.63, 3.8) is 0 Å². The van der Waals surface area contributed by atoms with Crippen molar-refractivity contribution in [3.05, 3.63) is 60.4 Å². The molecule has 120 valence electrons. The average molecular weight is 312 g/mol. The smallest absolute Gasteiger partial charge is 0.138 e. The first-order chi connectivity index (χ1) is 11.1. The quantitative estimate of drug-likeness (QED) is 0.734. The molecule has 0 spiro atoms. The highest BCUT2D eigenvalue weighted by Crippen LogP contribution is 2.21. The number of aliphatic hydroxyl groups excluding tert-OH is 2. The molecule has 5 heteroatoms. The van der Waals surface area contributed by atoms with Crippen molar-refractivity contribution < 1.29 is 14.9 Å². The minimum absolute atomic E-state index is 0.176. The summed E-state index contributed by atoms with van der Waals surface area (Å²) in [5.41, 5.74) is 1.70. The van der Waals surface area contributed by atoms with E-state index in [4.69, 9.17) is 4.74 Å². The standard InChI is InChI=1S/C18H20N2O3/c1-13(21)18-19-16-9-5-6-10-17(16)20(18)11-14(22)12-23-15-7-3-2-4-8-15/h2-10,13-14,21-22H,11-12H2,1H3/t13-,14-/m0/s1. The number of fused-ring (bicyclic) bond motifs is 1. The Bertz CT molecular complexity index is 768. The number of aromatic nitrogens is 2. The first kappa shape index (κ1) is 15.5. The van der Waals surface area contributed by atoms with Gasteiger partial charge in [0.05, 0.1) is 17.6 Å². The predicted molar refractivity (Wildman–Crippen MR) is 88.3 cm³/mol. The molecule has 0 aliphatic heterocycles. The number of imidazole rings is 1. The Morgan fingerprint density at radius 1 is 1.04 bits per heavy atom. The van der Waals surface area contributed by atoms with Crippen LogP contribution in [0.1, 0.15) is 18.9 Å². The van der Waals surface area contributed by atoms with Crippen LogP contribution in [0.4, 0.5) is 0 Å². The zero-order valence-corrected chi connectivity index (χ0v) is 13.0. The minimum atomic E-state index is -0.704. The summed E-state index contributed by atoms with van der Waals surface area (Å²) >= 11 is 0. The Morgan fingerprint density at radius 3 is 2.48 bits per heavy atom. The van der Waals surface area contributed by atoms with Gasteiger partial charge in [-0.2, -0.15) is 0 Å². The van der Waals surface area contributed by atoms with E-state index in [0.29, 0.717) is 12.4 Å². The fraction of sp³-hybridized carbons (Fsp3) is 0.278. The summed E-state index contributed by atoms with van der Waals surface area (Å²) < 4.78 is 7.43. The summed E-state index contributed by atoms with van der Waals surface area (Å²) in [6.07, 6.45) is -1.41. The Kier molecular flexibility index (Phi) is 4.60. The Labute approximate surface area is 134 Å². The Morgan fingerprint density at radius 2 is 1.74 bits per heavy atom. The summed E-state index contributed by atoms with van der Waals surface area (Å²) in [5, 5.41) is 20.2. The second-order valence-corrected chi connectivity index (χ2v) is 5.52. The summed E-state index contributed by atoms with van der Waals surface area (Å²) in [6.45, 7) is 2.16. The summed E-state index contributed by atoms with van der Waals surface area (Å²) in [6, 6.07) is 17.0. The van der Waals surface area contributed by atoms with Crippen LogP contribution in [0.5, 0.6) is 5.75 Å². The van der Waals surface area contributed by atoms with Gasteiger partial charge in [0, 0.05) is 0 Å². The molecule has 5 nitrogen and oxygen atoms in total. The van der Waals surface area contributed by atoms with Crippen LogP contribution in [0, 0.1) is 0 Å². The lowest BCUT2D eigenvalue weighted by Crippen LogP contribution is -2.25. The molecule has 0 aliphatic rings. The number of para-hydroxylation sites is 3. The van der Waals surface area contributed by atoms with Gasteiger partial charge in [-0.25, -0.2) is 4.98 Å². The van der Waals surface area contributed by atoms with Crippen LogP contribution in [-0.4, -0.2) is 32.5 Å². The maximum atomic E-state index is 10.3. The van der Waals surface area contributed by atoms with E-state index >= 15 is 0 Å². The first-order valence-corrected chi connectivity index (χ1v) is 7.64. The van der Waals surface area contributed by atoms with Gasteiger partial charge in [0.15, 0.2) is 0 Å². The normalized spacial score (nSPS) is 13.9. The van der Waals surface area contributed by atoms with Crippen molar-refractivity contribution in [1.29, 1.82) is 0 Å². The van der Waals surface area contributed by atoms with Crippen molar-refractivity contribution in [3.8, 4) is 5.75 Å². The van der Waals surface area contributed by atoms with E-state index in [2.05, 4.69) is 4.98 Å². The van der Waals surface area contributed by atoms with E-state index in [1.807, 2.05) is 59.2 Å². The van der Waals surface area contributed by atoms with Gasteiger partial charge in [-0.3, -0.25) is 0 Å². The van der Waals surface area contributed by atoms with Crippen molar-refractivity contribution in [2.75, 3.05) is 6.61 Å². The van der Waals surface area contributed by atoms with Gasteiger partial charge in [-0.05, 0) is 31.2 Å². The molecule has 23 heavy (non-hydrogen) atoms. The van der Waals surface area contributed by atoms with E-state index in [1.54, 1.807) is 6.92 Å². The molecule has 1 heterocycles. The highest BCUT2D eigenvalue weighted by Gasteiger charge is 2.17. The van der Waals surface area contributed by atoms with E-state index in [0.717, 1.165) is 16.8 Å². The van der Waals surface area contributed by atoms with E-state index in [-0.39, 0.29) is 6.61 Å². The molecular formula is C18H20N2O3. The van der Waals surface area contributed by atoms with E-state index in [1.165, 1.54) is 0 Å². The number of nitrogens with zero attached hydrogens (tertiary/aromatic N) is 2. The molecule has 0 saturated heterocycles. The van der Waals surface area contributed by atoms with Crippen LogP contribution >= 0.6 is 0 Å². The van der Waals surface area contributed by atoms with Gasteiger partial charge >= 0.3 is 0 Å². The molecule has 0 aliphatic carbocycles. The zero-order chi connectivity index (χ0) is 16.2. The Hall–Kier alpha value is -2.37. The van der Waals surface area contributed by atoms with Crippen molar-refractivity contribution in [2.45, 2.75) is 25.7 Å². The van der Waals surface area contributed by atoms with Gasteiger partial charge in [-0.1, -0.05) is 30.3 Å². The second-order valence-electron chi connectivity index (χ2n) is 5.52. The number of benzene rings is 2. The fourth-order valence-corrected chi connectivity index (χ4v) is 2.58. The number of ether oxygens (including phenoxy) is 1. The van der Waals surface area contributed by atoms with Crippen molar-refractivity contribution >= 4 is 11.0 Å². The van der Waals surface area contributed by atoms with Crippen molar-refractivity contribution in [2.24, 2.45) is 0 Å². The SMILES string of the molecule is C[C@H](O)c1nc2ccccc2n1C[C@H](O)COc1ccccc1. The van der Waals surface area contributed by atoms with Crippen LogP contribution in [0.3, 0.4) is 0 Å². The maximum absolute atomic E-state index is 10.3. The van der Waals surface area contributed by atoms with Gasteiger partial charge in [0.25, 0.3) is 0 Å². The van der Waals surface area contributed by atoms with Crippen LogP contribution in [0.15, 0.2) is 54.6 Å². The molecule has 0 bridgehead atoms. The monoisotopic (exact) mass is 312 g/mol. The summed E-state index contributed by atoms with van der Waals surface area (Å²) in [4.78, 5) is 4.44. The Balaban J connectivity index is 1.76. The number of hydrogen-bond donors (Lipinski definition) is 2. The summed E-state index contributed by atoms with van der Waals surface area (Å²) in [5.74, 6) is 1.27. The molecule has 0 unspecified atom stereocenters. The highest BCUT2D eigenvalue weighted by atomic mass is 16.5. The lowest BCUT2D eigenvalue weighted by Gasteiger charge is -2.16. The second kappa shape index (κ2) is 6.81. The lowest BCUT2D eigenvalue weighted by molar-refractivity contribution is 0.0895. The molecule has 0 saturated carbocycles. The molecule has 0 radical (unpaired) electrons. The van der Waals surface area contributed by atoms with Crippen LogP contribution in [-0.2, 0) is 6.54 Å². The third-order valence-corrected chi connectivity index (χ3v) is 3.64. The highest BCUT2D eigenvalue weighted by molar-refractivity contribution is 5.76. The van der Waals surface area contributed by atoms with Crippen LogP contribution in [0.2, 0.25) is 0 Å². The molecule has 2 atom stereocenters. The van der Waals surface area contributed by atoms with Gasteiger partial charge in [0.1, 0.15) is 30.4 Å². The topological polar surface area (TPSA) is 67.5 Å². The van der Waals surface area contributed by atoms with Crippen LogP contribution in [0.25, 0.3) is 11.0 Å². The zero-order valence-electron chi connectivity index (χ0n) is 13.0. The molecule has 0 fully saturated rings. The third-order valence-electron chi connectivity index (χ3n) is 3.64. The minimum Gasteiger partial charge on any atom is -0.491 e. The average Bonchev–Trinajstić information content (AvgIpc) is 2.93. The molecule has 1 aromatic heterocycles. The lowest BCUT2D eigenvalue weighted by atomic mass is 10.3. The molecule has 3 aromatic rings. The first-order valence-electron chi connectivity index (χ1n) is 7.64. The van der Waals surface area contributed by atoms with Crippen LogP contribution < -0.4 is 4.74 Å². The third kappa shape index (κ3) is 3.52. The fourth-order valence-electron chi connectivity index (χ4n) is 2.58. The van der Waals surface area contributed by atoms with E-state index in [9.17, 15) is 10.2 Å². The molecule has 2 aromatic carbocycles. The molecule has 0 amide bonds.